The first-order valence-corrected chi connectivity index (χ1v) is 5.68. The number of halogens is 2. The smallest absolute Gasteiger partial charge is 0.524 e. The summed E-state index contributed by atoms with van der Waals surface area (Å²) in [6, 6.07) is 2.44. The van der Waals surface area contributed by atoms with E-state index in [0.717, 1.165) is 20.1 Å². The molecule has 0 saturated carbocycles. The van der Waals surface area contributed by atoms with Gasteiger partial charge in [0.2, 0.25) is 11.8 Å². The van der Waals surface area contributed by atoms with Gasteiger partial charge in [0, 0.05) is 12.1 Å². The molecule has 0 unspecified atom stereocenters. The van der Waals surface area contributed by atoms with Crippen LogP contribution in [0.4, 0.5) is 8.78 Å². The van der Waals surface area contributed by atoms with Crippen LogP contribution in [0.2, 0.25) is 0 Å². The van der Waals surface area contributed by atoms with Gasteiger partial charge in [-0.2, -0.15) is 0 Å². The molecular formula is C12H10BF2N2O4. The molecule has 1 radical (unpaired) electrons. The molecule has 2 aromatic rings. The molecule has 21 heavy (non-hydrogen) atoms. The van der Waals surface area contributed by atoms with Crippen molar-refractivity contribution in [3.05, 3.63) is 36.2 Å². The third kappa shape index (κ3) is 3.71. The van der Waals surface area contributed by atoms with Crippen molar-refractivity contribution in [1.29, 1.82) is 0 Å². The number of methoxy groups -OCH3 is 2. The maximum Gasteiger partial charge on any atom is 0.658 e. The first-order chi connectivity index (χ1) is 10.1. The molecule has 0 amide bonds. The summed E-state index contributed by atoms with van der Waals surface area (Å²) in [7, 11) is 3.53. The zero-order valence-corrected chi connectivity index (χ0v) is 11.2. The minimum Gasteiger partial charge on any atom is -0.524 e. The van der Waals surface area contributed by atoms with E-state index in [4.69, 9.17) is 18.8 Å². The monoisotopic (exact) mass is 295 g/mol. The summed E-state index contributed by atoms with van der Waals surface area (Å²) in [5.41, 5.74) is 0. The van der Waals surface area contributed by atoms with E-state index in [2.05, 4.69) is 9.97 Å². The summed E-state index contributed by atoms with van der Waals surface area (Å²) in [6.45, 7) is 0. The number of hydrogen-bond donors (Lipinski definition) is 0. The maximum absolute atomic E-state index is 13.4. The van der Waals surface area contributed by atoms with Crippen molar-refractivity contribution in [3.63, 3.8) is 0 Å². The second kappa shape index (κ2) is 6.73. The average Bonchev–Trinajstić information content (AvgIpc) is 2.51. The Balaban J connectivity index is 2.01. The third-order valence-electron chi connectivity index (χ3n) is 2.36. The predicted molar refractivity (Wildman–Crippen MR) is 68.5 cm³/mol. The average molecular weight is 295 g/mol. The Morgan fingerprint density at radius 3 is 1.67 bits per heavy atom. The van der Waals surface area contributed by atoms with E-state index in [1.54, 1.807) is 0 Å². The van der Waals surface area contributed by atoms with Crippen LogP contribution >= 0.6 is 0 Å². The summed E-state index contributed by atoms with van der Waals surface area (Å²) in [6.07, 6.45) is 1.86. The Bertz CT molecular complexity index is 577. The van der Waals surface area contributed by atoms with Crippen LogP contribution in [-0.2, 0) is 0 Å². The van der Waals surface area contributed by atoms with Crippen molar-refractivity contribution in [2.75, 3.05) is 14.2 Å². The van der Waals surface area contributed by atoms with Crippen LogP contribution in [0.5, 0.6) is 23.3 Å². The van der Waals surface area contributed by atoms with E-state index < -0.39 is 11.6 Å². The number of rotatable bonds is 6. The molecule has 6 nitrogen and oxygen atoms in total. The fourth-order valence-corrected chi connectivity index (χ4v) is 1.34. The fourth-order valence-electron chi connectivity index (χ4n) is 1.34. The van der Waals surface area contributed by atoms with E-state index >= 15 is 0 Å². The summed E-state index contributed by atoms with van der Waals surface area (Å²) < 4.78 is 46.4. The minimum absolute atomic E-state index is 0.163. The van der Waals surface area contributed by atoms with E-state index in [1.807, 2.05) is 0 Å². The Hall–Kier alpha value is -2.58. The fraction of sp³-hybridized carbons (Fsp3) is 0.167. The maximum atomic E-state index is 13.4. The topological polar surface area (TPSA) is 62.7 Å². The van der Waals surface area contributed by atoms with Gasteiger partial charge >= 0.3 is 7.69 Å². The van der Waals surface area contributed by atoms with Crippen LogP contribution in [0.25, 0.3) is 0 Å². The zero-order chi connectivity index (χ0) is 15.2. The van der Waals surface area contributed by atoms with Gasteiger partial charge in [0.05, 0.1) is 26.6 Å². The molecule has 2 rings (SSSR count). The molecule has 0 bridgehead atoms. The van der Waals surface area contributed by atoms with Gasteiger partial charge in [0.1, 0.15) is 11.5 Å². The lowest BCUT2D eigenvalue weighted by molar-refractivity contribution is 0.378. The van der Waals surface area contributed by atoms with Crippen molar-refractivity contribution in [3.8, 4) is 23.3 Å². The highest BCUT2D eigenvalue weighted by molar-refractivity contribution is 6.20. The van der Waals surface area contributed by atoms with Crippen molar-refractivity contribution in [2.24, 2.45) is 0 Å². The summed E-state index contributed by atoms with van der Waals surface area (Å²) in [5.74, 6) is -1.47. The standard InChI is InChI=1S/C12H10BF2N2O4/c1-18-11-3-9(7(14)5-16-11)20-13-21-10-4-12(19-2)17-6-8(10)15/h3-6H,1-2H3. The molecule has 0 spiro atoms. The van der Waals surface area contributed by atoms with E-state index in [1.165, 1.54) is 26.4 Å². The van der Waals surface area contributed by atoms with Gasteiger partial charge in [-0.1, -0.05) is 0 Å². The molecule has 0 aliphatic heterocycles. The van der Waals surface area contributed by atoms with Gasteiger partial charge in [-0.3, -0.25) is 0 Å². The molecule has 0 atom stereocenters. The lowest BCUT2D eigenvalue weighted by Crippen LogP contribution is -2.13. The van der Waals surface area contributed by atoms with Gasteiger partial charge in [-0.25, -0.2) is 18.7 Å². The zero-order valence-electron chi connectivity index (χ0n) is 11.2. The molecule has 0 N–H and O–H groups in total. The van der Waals surface area contributed by atoms with Crippen LogP contribution in [-0.4, -0.2) is 31.9 Å². The number of nitrogens with zero attached hydrogens (tertiary/aromatic N) is 2. The Labute approximate surface area is 120 Å². The quantitative estimate of drug-likeness (QED) is 0.757. The predicted octanol–water partition coefficient (Wildman–Crippen LogP) is 1.76. The van der Waals surface area contributed by atoms with Gasteiger partial charge in [0.15, 0.2) is 11.6 Å². The lowest BCUT2D eigenvalue weighted by Gasteiger charge is -2.09. The van der Waals surface area contributed by atoms with E-state index in [9.17, 15) is 8.78 Å². The first kappa shape index (κ1) is 14.8. The van der Waals surface area contributed by atoms with Crippen molar-refractivity contribution < 1.29 is 27.6 Å². The second-order valence-corrected chi connectivity index (χ2v) is 3.65. The lowest BCUT2D eigenvalue weighted by atomic mass is 10.3. The summed E-state index contributed by atoms with van der Waals surface area (Å²) in [5, 5.41) is 0. The van der Waals surface area contributed by atoms with Crippen LogP contribution in [0, 0.1) is 11.6 Å². The van der Waals surface area contributed by atoms with Crippen LogP contribution in [0.3, 0.4) is 0 Å². The SMILES string of the molecule is COc1cc(O[B]Oc2cc(OC)ncc2F)c(F)cn1. The molecule has 0 saturated heterocycles. The largest absolute Gasteiger partial charge is 0.658 e. The molecule has 0 aliphatic rings. The van der Waals surface area contributed by atoms with Gasteiger partial charge in [0.25, 0.3) is 0 Å². The minimum atomic E-state index is -0.719. The highest BCUT2D eigenvalue weighted by Crippen LogP contribution is 2.22. The van der Waals surface area contributed by atoms with Gasteiger partial charge in [-0.05, 0) is 0 Å². The number of hydrogen-bond acceptors (Lipinski definition) is 6. The highest BCUT2D eigenvalue weighted by Gasteiger charge is 2.12. The van der Waals surface area contributed by atoms with Crippen LogP contribution in [0.1, 0.15) is 0 Å². The van der Waals surface area contributed by atoms with Crippen LogP contribution in [0.15, 0.2) is 24.5 Å². The Kier molecular flexibility index (Phi) is 4.75. The normalized spacial score (nSPS) is 9.90. The molecule has 2 heterocycles. The number of ether oxygens (including phenoxy) is 2. The second-order valence-electron chi connectivity index (χ2n) is 3.65. The highest BCUT2D eigenvalue weighted by atomic mass is 19.1. The van der Waals surface area contributed by atoms with E-state index in [0.29, 0.717) is 0 Å². The van der Waals surface area contributed by atoms with Gasteiger partial charge in [-0.15, -0.1) is 0 Å². The molecule has 9 heteroatoms. The number of aromatic nitrogens is 2. The third-order valence-corrected chi connectivity index (χ3v) is 2.36. The first-order valence-electron chi connectivity index (χ1n) is 5.68. The summed E-state index contributed by atoms with van der Waals surface area (Å²) >= 11 is 0. The molecule has 2 aromatic heterocycles. The molecule has 0 aromatic carbocycles. The number of pyridine rings is 2. The molecule has 0 aliphatic carbocycles. The van der Waals surface area contributed by atoms with E-state index in [-0.39, 0.29) is 23.3 Å². The van der Waals surface area contributed by atoms with Crippen molar-refractivity contribution >= 4 is 7.69 Å². The molecular weight excluding hydrogens is 285 g/mol. The Morgan fingerprint density at radius 2 is 1.29 bits per heavy atom. The van der Waals surface area contributed by atoms with Crippen LogP contribution < -0.4 is 18.8 Å². The summed E-state index contributed by atoms with van der Waals surface area (Å²) in [4.78, 5) is 7.29. The van der Waals surface area contributed by atoms with Crippen molar-refractivity contribution in [1.82, 2.24) is 9.97 Å². The van der Waals surface area contributed by atoms with Gasteiger partial charge < -0.3 is 18.8 Å². The Morgan fingerprint density at radius 1 is 0.857 bits per heavy atom. The molecule has 109 valence electrons. The van der Waals surface area contributed by atoms with Crippen molar-refractivity contribution in [2.45, 2.75) is 0 Å². The molecule has 0 fully saturated rings.